The lowest BCUT2D eigenvalue weighted by Gasteiger charge is -2.12. The summed E-state index contributed by atoms with van der Waals surface area (Å²) < 4.78 is 1.28. The monoisotopic (exact) mass is 247 g/mol. The average Bonchev–Trinajstić information content (AvgIpc) is 2.83. The first-order valence-electron chi connectivity index (χ1n) is 6.05. The van der Waals surface area contributed by atoms with Crippen molar-refractivity contribution < 1.29 is 0 Å². The van der Waals surface area contributed by atoms with Crippen LogP contribution in [0.5, 0.6) is 0 Å². The van der Waals surface area contributed by atoms with Crippen molar-refractivity contribution in [2.45, 2.75) is 19.5 Å². The van der Waals surface area contributed by atoms with Crippen molar-refractivity contribution in [3.63, 3.8) is 0 Å². The average molecular weight is 247 g/mol. The molecule has 1 fully saturated rings. The largest absolute Gasteiger partial charge is 0.326 e. The van der Waals surface area contributed by atoms with Gasteiger partial charge in [-0.15, -0.1) is 11.3 Å². The van der Waals surface area contributed by atoms with Gasteiger partial charge in [-0.3, -0.25) is 4.90 Å². The highest BCUT2D eigenvalue weighted by molar-refractivity contribution is 7.18. The van der Waals surface area contributed by atoms with Gasteiger partial charge in [0, 0.05) is 19.1 Å². The smallest absolute Gasteiger partial charge is 0.108 e. The minimum Gasteiger partial charge on any atom is -0.326 e. The lowest BCUT2D eigenvalue weighted by molar-refractivity contribution is 0.318. The molecule has 0 aliphatic carbocycles. The molecule has 90 valence electrons. The quantitative estimate of drug-likeness (QED) is 0.883. The number of para-hydroxylation sites is 1. The van der Waals surface area contributed by atoms with Crippen molar-refractivity contribution >= 4 is 21.6 Å². The number of fused-ring (bicyclic) bond motifs is 1. The summed E-state index contributed by atoms with van der Waals surface area (Å²) in [6.45, 7) is 5.26. The molecule has 1 aromatic heterocycles. The molecule has 0 radical (unpaired) electrons. The highest BCUT2D eigenvalue weighted by atomic mass is 32.1. The van der Waals surface area contributed by atoms with E-state index >= 15 is 0 Å². The highest BCUT2D eigenvalue weighted by Gasteiger charge is 2.26. The van der Waals surface area contributed by atoms with Gasteiger partial charge in [-0.2, -0.15) is 0 Å². The molecule has 1 aromatic carbocycles. The van der Waals surface area contributed by atoms with Crippen molar-refractivity contribution in [2.75, 3.05) is 13.1 Å². The molecule has 1 aliphatic rings. The summed E-state index contributed by atoms with van der Waals surface area (Å²) in [5, 5.41) is 1.20. The second-order valence-electron chi connectivity index (χ2n) is 4.91. The summed E-state index contributed by atoms with van der Waals surface area (Å²) in [5.74, 6) is 0.601. The molecule has 0 saturated carbocycles. The second kappa shape index (κ2) is 4.37. The molecule has 2 heterocycles. The van der Waals surface area contributed by atoms with Gasteiger partial charge in [-0.05, 0) is 18.1 Å². The summed E-state index contributed by atoms with van der Waals surface area (Å²) >= 11 is 1.79. The zero-order chi connectivity index (χ0) is 11.8. The van der Waals surface area contributed by atoms with Crippen LogP contribution in [0, 0.1) is 5.92 Å². The molecule has 3 nitrogen and oxygen atoms in total. The van der Waals surface area contributed by atoms with Crippen molar-refractivity contribution in [3.05, 3.63) is 29.3 Å². The van der Waals surface area contributed by atoms with Crippen LogP contribution in [-0.4, -0.2) is 29.0 Å². The van der Waals surface area contributed by atoms with Gasteiger partial charge in [-0.1, -0.05) is 19.1 Å². The van der Waals surface area contributed by atoms with Gasteiger partial charge in [0.05, 0.1) is 16.8 Å². The van der Waals surface area contributed by atoms with E-state index in [1.54, 1.807) is 11.3 Å². The molecular weight excluding hydrogens is 230 g/mol. The van der Waals surface area contributed by atoms with E-state index < -0.39 is 0 Å². The molecule has 1 aliphatic heterocycles. The van der Waals surface area contributed by atoms with E-state index in [0.717, 1.165) is 25.2 Å². The maximum absolute atomic E-state index is 6.04. The number of benzene rings is 1. The van der Waals surface area contributed by atoms with Crippen LogP contribution in [-0.2, 0) is 6.54 Å². The van der Waals surface area contributed by atoms with Crippen LogP contribution in [0.15, 0.2) is 24.3 Å². The number of aromatic nitrogens is 1. The fourth-order valence-corrected chi connectivity index (χ4v) is 3.41. The molecular formula is C13H17N3S. The SMILES string of the molecule is CC1CN(Cc2nc3ccccc3s2)CC1N. The maximum Gasteiger partial charge on any atom is 0.108 e. The van der Waals surface area contributed by atoms with E-state index in [2.05, 4.69) is 35.0 Å². The summed E-state index contributed by atoms with van der Waals surface area (Å²) in [6.07, 6.45) is 0. The fourth-order valence-electron chi connectivity index (χ4n) is 2.40. The molecule has 4 heteroatoms. The molecule has 0 bridgehead atoms. The Morgan fingerprint density at radius 1 is 1.41 bits per heavy atom. The topological polar surface area (TPSA) is 42.2 Å². The Labute approximate surface area is 105 Å². The number of hydrogen-bond acceptors (Lipinski definition) is 4. The zero-order valence-corrected chi connectivity index (χ0v) is 10.8. The Hall–Kier alpha value is -0.970. The molecule has 17 heavy (non-hydrogen) atoms. The summed E-state index contributed by atoms with van der Waals surface area (Å²) in [7, 11) is 0. The van der Waals surface area contributed by atoms with Gasteiger partial charge in [0.15, 0.2) is 0 Å². The first-order valence-corrected chi connectivity index (χ1v) is 6.86. The molecule has 1 saturated heterocycles. The van der Waals surface area contributed by atoms with Crippen LogP contribution >= 0.6 is 11.3 Å². The molecule has 3 rings (SSSR count). The molecule has 2 N–H and O–H groups in total. The van der Waals surface area contributed by atoms with Crippen LogP contribution in [0.25, 0.3) is 10.2 Å². The number of likely N-dealkylation sites (tertiary alicyclic amines) is 1. The lowest BCUT2D eigenvalue weighted by Crippen LogP contribution is -2.28. The number of rotatable bonds is 2. The molecule has 0 spiro atoms. The minimum atomic E-state index is 0.323. The number of nitrogens with two attached hydrogens (primary N) is 1. The van der Waals surface area contributed by atoms with E-state index in [1.165, 1.54) is 9.71 Å². The first kappa shape index (κ1) is 11.1. The third kappa shape index (κ3) is 2.20. The van der Waals surface area contributed by atoms with Crippen molar-refractivity contribution in [1.82, 2.24) is 9.88 Å². The van der Waals surface area contributed by atoms with Crippen molar-refractivity contribution in [2.24, 2.45) is 11.7 Å². The van der Waals surface area contributed by atoms with Crippen LogP contribution in [0.4, 0.5) is 0 Å². The fraction of sp³-hybridized carbons (Fsp3) is 0.462. The minimum absolute atomic E-state index is 0.323. The Kier molecular flexibility index (Phi) is 2.86. The van der Waals surface area contributed by atoms with Gasteiger partial charge in [0.1, 0.15) is 5.01 Å². The Bertz CT molecular complexity index is 479. The van der Waals surface area contributed by atoms with Crippen LogP contribution < -0.4 is 5.73 Å². The Morgan fingerprint density at radius 2 is 2.24 bits per heavy atom. The predicted molar refractivity (Wildman–Crippen MR) is 72.0 cm³/mol. The lowest BCUT2D eigenvalue weighted by atomic mass is 10.1. The highest BCUT2D eigenvalue weighted by Crippen LogP contribution is 2.24. The zero-order valence-electron chi connectivity index (χ0n) is 9.97. The van der Waals surface area contributed by atoms with Gasteiger partial charge in [0.2, 0.25) is 0 Å². The molecule has 2 unspecified atom stereocenters. The van der Waals surface area contributed by atoms with Crippen LogP contribution in [0.1, 0.15) is 11.9 Å². The van der Waals surface area contributed by atoms with Gasteiger partial charge in [0.25, 0.3) is 0 Å². The van der Waals surface area contributed by atoms with Crippen LogP contribution in [0.2, 0.25) is 0 Å². The van der Waals surface area contributed by atoms with Gasteiger partial charge >= 0.3 is 0 Å². The Balaban J connectivity index is 1.77. The predicted octanol–water partition coefficient (Wildman–Crippen LogP) is 2.08. The van der Waals surface area contributed by atoms with E-state index in [1.807, 2.05) is 6.07 Å². The number of thiazole rings is 1. The number of nitrogens with zero attached hydrogens (tertiary/aromatic N) is 2. The summed E-state index contributed by atoms with van der Waals surface area (Å²) in [5.41, 5.74) is 7.15. The van der Waals surface area contributed by atoms with Gasteiger partial charge < -0.3 is 5.73 Å². The molecule has 2 atom stereocenters. The van der Waals surface area contributed by atoms with Crippen LogP contribution in [0.3, 0.4) is 0 Å². The normalized spacial score (nSPS) is 25.8. The molecule has 0 amide bonds. The van der Waals surface area contributed by atoms with E-state index in [-0.39, 0.29) is 0 Å². The Morgan fingerprint density at radius 3 is 2.94 bits per heavy atom. The van der Waals surface area contributed by atoms with Crippen molar-refractivity contribution in [3.8, 4) is 0 Å². The third-order valence-corrected chi connectivity index (χ3v) is 4.46. The third-order valence-electron chi connectivity index (χ3n) is 3.44. The maximum atomic E-state index is 6.04. The van der Waals surface area contributed by atoms with E-state index in [9.17, 15) is 0 Å². The first-order chi connectivity index (χ1) is 8.22. The van der Waals surface area contributed by atoms with E-state index in [4.69, 9.17) is 5.73 Å². The summed E-state index contributed by atoms with van der Waals surface area (Å²) in [4.78, 5) is 7.07. The van der Waals surface area contributed by atoms with Crippen molar-refractivity contribution in [1.29, 1.82) is 0 Å². The second-order valence-corrected chi connectivity index (χ2v) is 6.03. The standard InChI is InChI=1S/C13H17N3S/c1-9-6-16(7-10(9)14)8-13-15-11-4-2-3-5-12(11)17-13/h2-5,9-10H,6-8,14H2,1H3. The molecule has 2 aromatic rings. The summed E-state index contributed by atoms with van der Waals surface area (Å²) in [6, 6.07) is 8.64. The number of hydrogen-bond donors (Lipinski definition) is 1. The van der Waals surface area contributed by atoms with Gasteiger partial charge in [-0.25, -0.2) is 4.98 Å². The van der Waals surface area contributed by atoms with E-state index in [0.29, 0.717) is 12.0 Å².